The van der Waals surface area contributed by atoms with Crippen LogP contribution in [-0.4, -0.2) is 60.6 Å². The summed E-state index contributed by atoms with van der Waals surface area (Å²) >= 11 is 0. The van der Waals surface area contributed by atoms with Gasteiger partial charge in [-0.2, -0.15) is 4.98 Å². The van der Waals surface area contributed by atoms with Gasteiger partial charge >= 0.3 is 7.82 Å². The van der Waals surface area contributed by atoms with Crippen molar-refractivity contribution in [1.82, 2.24) is 19.5 Å². The number of anilines is 1. The molecule has 16 heteroatoms. The van der Waals surface area contributed by atoms with Crippen molar-refractivity contribution in [2.75, 3.05) is 12.3 Å². The number of aliphatic hydroxyl groups excluding tert-OH is 2. The van der Waals surface area contributed by atoms with Crippen molar-refractivity contribution >= 4 is 24.9 Å². The molecular weight excluding hydrogens is 483 g/mol. The number of halogens is 2. The zero-order chi connectivity index (χ0) is 24.3. The first-order valence-corrected chi connectivity index (χ1v) is 11.3. The maximum absolute atomic E-state index is 14.2. The monoisotopic (exact) mass is 501 g/mol. The normalized spacial score (nSPS) is 31.0. The number of benzene rings is 1. The highest BCUT2D eigenvalue weighted by atomic mass is 31.2. The van der Waals surface area contributed by atoms with Crippen LogP contribution in [0.25, 0.3) is 11.2 Å². The quantitative estimate of drug-likeness (QED) is 0.361. The Hall–Kier alpha value is -2.94. The Bertz CT molecular complexity index is 1350. The van der Waals surface area contributed by atoms with Gasteiger partial charge in [-0.05, 0) is 6.07 Å². The first kappa shape index (κ1) is 22.8. The van der Waals surface area contributed by atoms with Crippen LogP contribution in [0.3, 0.4) is 0 Å². The molecule has 1 aromatic carbocycles. The molecule has 2 aromatic heterocycles. The summed E-state index contributed by atoms with van der Waals surface area (Å²) < 4.78 is 63.2. The molecule has 0 bridgehead atoms. The van der Waals surface area contributed by atoms with Crippen molar-refractivity contribution in [3.8, 4) is 5.75 Å². The number of phosphoric ester groups is 1. The highest BCUT2D eigenvalue weighted by molar-refractivity contribution is 7.49. The number of phosphoric acid groups is 1. The van der Waals surface area contributed by atoms with Crippen LogP contribution in [0, 0.1) is 0 Å². The van der Waals surface area contributed by atoms with Gasteiger partial charge in [0, 0.05) is 5.56 Å². The van der Waals surface area contributed by atoms with Gasteiger partial charge in [-0.25, -0.2) is 18.3 Å². The second kappa shape index (κ2) is 8.08. The lowest BCUT2D eigenvalue weighted by atomic mass is 9.96. The zero-order valence-corrected chi connectivity index (χ0v) is 18.0. The van der Waals surface area contributed by atoms with Gasteiger partial charge in [-0.1, -0.05) is 18.2 Å². The molecule has 1 fully saturated rings. The van der Waals surface area contributed by atoms with E-state index in [1.165, 1.54) is 6.07 Å². The third kappa shape index (κ3) is 3.57. The lowest BCUT2D eigenvalue weighted by Crippen LogP contribution is -2.52. The number of nitrogens with one attached hydrogen (secondary N) is 1. The summed E-state index contributed by atoms with van der Waals surface area (Å²) in [5.41, 5.74) is 2.19. The van der Waals surface area contributed by atoms with E-state index in [9.17, 15) is 28.4 Å². The number of para-hydroxylation sites is 1. The average Bonchev–Trinajstić information content (AvgIpc) is 3.32. The molecule has 34 heavy (non-hydrogen) atoms. The minimum atomic E-state index is -4.36. The molecule has 0 amide bonds. The first-order chi connectivity index (χ1) is 16.1. The highest BCUT2D eigenvalue weighted by Crippen LogP contribution is 2.56. The van der Waals surface area contributed by atoms with E-state index >= 15 is 0 Å². The summed E-state index contributed by atoms with van der Waals surface area (Å²) in [5.74, 6) is -0.103. The van der Waals surface area contributed by atoms with E-state index < -0.39 is 50.5 Å². The molecule has 2 aliphatic heterocycles. The summed E-state index contributed by atoms with van der Waals surface area (Å²) in [6, 6.07) is 6.48. The summed E-state index contributed by atoms with van der Waals surface area (Å²) in [5, 5.41) is 21.1. The Morgan fingerprint density at radius 1 is 1.38 bits per heavy atom. The van der Waals surface area contributed by atoms with Crippen LogP contribution < -0.4 is 15.8 Å². The van der Waals surface area contributed by atoms with Gasteiger partial charge in [0.1, 0.15) is 18.0 Å². The van der Waals surface area contributed by atoms with Gasteiger partial charge in [0.25, 0.3) is 12.0 Å². The van der Waals surface area contributed by atoms with Crippen molar-refractivity contribution in [2.24, 2.45) is 0 Å². The van der Waals surface area contributed by atoms with Gasteiger partial charge in [-0.3, -0.25) is 23.4 Å². The van der Waals surface area contributed by atoms with Crippen molar-refractivity contribution in [2.45, 2.75) is 37.1 Å². The number of imidazole rings is 1. The Labute approximate surface area is 188 Å². The van der Waals surface area contributed by atoms with Crippen LogP contribution in [0.4, 0.5) is 14.7 Å². The Morgan fingerprint density at radius 2 is 2.15 bits per heavy atom. The third-order valence-electron chi connectivity index (χ3n) is 5.56. The number of nitrogen functional groups attached to an aromatic ring is 1. The second-order valence-corrected chi connectivity index (χ2v) is 9.26. The smallest absolute Gasteiger partial charge is 0.404 e. The van der Waals surface area contributed by atoms with Gasteiger partial charge < -0.3 is 25.2 Å². The molecule has 4 heterocycles. The number of nitrogens with two attached hydrogens (primary N) is 1. The number of aromatic nitrogens is 4. The topological polar surface area (TPSA) is 184 Å². The minimum absolute atomic E-state index is 0.160. The number of ether oxygens (including phenoxy) is 1. The van der Waals surface area contributed by atoms with Crippen molar-refractivity contribution in [3.05, 3.63) is 46.5 Å². The Balaban J connectivity index is 1.43. The second-order valence-electron chi connectivity index (χ2n) is 7.67. The fraction of sp³-hybridized carbons (Fsp3) is 0.389. The van der Waals surface area contributed by atoms with Gasteiger partial charge in [0.05, 0.1) is 19.5 Å². The number of rotatable bonds is 5. The lowest BCUT2D eigenvalue weighted by molar-refractivity contribution is -0.193. The molecule has 5 rings (SSSR count). The molecular formula is C18H18F2N5O8P. The number of nitrogens with zero attached hydrogens (tertiary/aromatic N) is 3. The van der Waals surface area contributed by atoms with Crippen LogP contribution in [0.2, 0.25) is 0 Å². The standard InChI is InChI=1S/C18H18F2N5O8P/c19-16(20)18(6-31-34(29)30-5-8-3-1-2-4-9(8)33-34)12(27)11(26)15(32-18)25-7-22-10-13(25)23-17(21)24-14(10)28/h1-4,7,11-12,15-16,26-27H,5-6H2,(H3,21,23,24,28)/t11-,12-,15+,18+,34?/m0/s1. The van der Waals surface area contributed by atoms with Crippen LogP contribution >= 0.6 is 7.82 Å². The van der Waals surface area contributed by atoms with Gasteiger partial charge in [-0.15, -0.1) is 0 Å². The summed E-state index contributed by atoms with van der Waals surface area (Å²) in [4.78, 5) is 22.0. The molecule has 0 aliphatic carbocycles. The van der Waals surface area contributed by atoms with Crippen LogP contribution in [0.15, 0.2) is 35.4 Å². The van der Waals surface area contributed by atoms with E-state index in [4.69, 9.17) is 24.0 Å². The first-order valence-electron chi connectivity index (χ1n) is 9.84. The number of fused-ring (bicyclic) bond motifs is 2. The number of aliphatic hydroxyl groups is 2. The SMILES string of the molecule is Nc1nc2c(ncn2[C@@H]2O[C@@](COP3(=O)OCc4ccccc4O3)(C(F)F)[C@@H](O)[C@@H]2O)c(=O)[nH]1. The Kier molecular flexibility index (Phi) is 5.42. The molecule has 2 aliphatic rings. The molecule has 0 saturated carbocycles. The minimum Gasteiger partial charge on any atom is -0.404 e. The molecule has 5 N–H and O–H groups in total. The van der Waals surface area contributed by atoms with Crippen LogP contribution in [0.1, 0.15) is 11.8 Å². The third-order valence-corrected chi connectivity index (χ3v) is 6.87. The van der Waals surface area contributed by atoms with E-state index in [1.807, 2.05) is 0 Å². The molecule has 0 radical (unpaired) electrons. The van der Waals surface area contributed by atoms with E-state index in [0.29, 0.717) is 5.56 Å². The zero-order valence-electron chi connectivity index (χ0n) is 17.1. The van der Waals surface area contributed by atoms with Crippen LogP contribution in [-0.2, 0) is 25.0 Å². The number of alkyl halides is 2. The fourth-order valence-electron chi connectivity index (χ4n) is 3.77. The van der Waals surface area contributed by atoms with Crippen molar-refractivity contribution in [3.63, 3.8) is 0 Å². The number of H-pyrrole nitrogens is 1. The molecule has 5 atom stereocenters. The predicted octanol–water partition coefficient (Wildman–Crippen LogP) is 0.690. The van der Waals surface area contributed by atoms with E-state index in [-0.39, 0.29) is 29.5 Å². The number of hydrogen-bond donors (Lipinski definition) is 4. The molecule has 1 unspecified atom stereocenters. The van der Waals surface area contributed by atoms with Crippen molar-refractivity contribution < 1.29 is 41.9 Å². The van der Waals surface area contributed by atoms with Crippen LogP contribution in [0.5, 0.6) is 5.75 Å². The molecule has 13 nitrogen and oxygen atoms in total. The molecule has 182 valence electrons. The highest BCUT2D eigenvalue weighted by Gasteiger charge is 2.62. The lowest BCUT2D eigenvalue weighted by Gasteiger charge is -2.32. The summed E-state index contributed by atoms with van der Waals surface area (Å²) in [7, 11) is -4.36. The van der Waals surface area contributed by atoms with Crippen molar-refractivity contribution in [1.29, 1.82) is 0 Å². The Morgan fingerprint density at radius 3 is 2.91 bits per heavy atom. The molecule has 0 spiro atoms. The average molecular weight is 501 g/mol. The van der Waals surface area contributed by atoms with Gasteiger partial charge in [0.2, 0.25) is 5.95 Å². The fourth-order valence-corrected chi connectivity index (χ4v) is 5.03. The summed E-state index contributed by atoms with van der Waals surface area (Å²) in [6.07, 6.45) is -8.21. The number of hydrogen-bond acceptors (Lipinski definition) is 11. The summed E-state index contributed by atoms with van der Waals surface area (Å²) in [6.45, 7) is -1.33. The maximum atomic E-state index is 14.2. The maximum Gasteiger partial charge on any atom is 0.530 e. The largest absolute Gasteiger partial charge is 0.530 e. The van der Waals surface area contributed by atoms with E-state index in [1.54, 1.807) is 18.2 Å². The van der Waals surface area contributed by atoms with E-state index in [2.05, 4.69) is 15.0 Å². The molecule has 3 aromatic rings. The molecule has 1 saturated heterocycles. The number of aromatic amines is 1. The predicted molar refractivity (Wildman–Crippen MR) is 109 cm³/mol. The van der Waals surface area contributed by atoms with Gasteiger partial charge in [0.15, 0.2) is 23.0 Å². The van der Waals surface area contributed by atoms with E-state index in [0.717, 1.165) is 10.9 Å².